The maximum Gasteiger partial charge on any atom is 0.255 e. The van der Waals surface area contributed by atoms with Crippen LogP contribution in [0.5, 0.6) is 5.75 Å². The van der Waals surface area contributed by atoms with Gasteiger partial charge in [0.05, 0.1) is 11.6 Å². The normalized spacial score (nSPS) is 30.0. The van der Waals surface area contributed by atoms with Crippen molar-refractivity contribution in [2.75, 3.05) is 39.6 Å². The number of Topliss-reactive ketones (excluding diaryl/α,β-unsaturated/α-hetero) is 2. The van der Waals surface area contributed by atoms with Gasteiger partial charge in [-0.3, -0.25) is 24.2 Å². The van der Waals surface area contributed by atoms with E-state index >= 15 is 0 Å². The minimum Gasteiger partial charge on any atom is -0.510 e. The summed E-state index contributed by atoms with van der Waals surface area (Å²) >= 11 is 0. The summed E-state index contributed by atoms with van der Waals surface area (Å²) in [6.45, 7) is 3.74. The second-order valence-corrected chi connectivity index (χ2v) is 12.3. The lowest BCUT2D eigenvalue weighted by Crippen LogP contribution is -2.63. The predicted octanol–water partition coefficient (Wildman–Crippen LogP) is 1.56. The van der Waals surface area contributed by atoms with Gasteiger partial charge < -0.3 is 31.1 Å². The fourth-order valence-electron chi connectivity index (χ4n) is 7.84. The van der Waals surface area contributed by atoms with Crippen LogP contribution in [-0.2, 0) is 22.6 Å². The summed E-state index contributed by atoms with van der Waals surface area (Å²) in [4.78, 5) is 45.5. The molecule has 0 aromatic heterocycles. The summed E-state index contributed by atoms with van der Waals surface area (Å²) in [5, 5.41) is 45.4. The average Bonchev–Trinajstić information content (AvgIpc) is 3.32. The largest absolute Gasteiger partial charge is 0.510 e. The Morgan fingerprint density at radius 2 is 1.85 bits per heavy atom. The first-order chi connectivity index (χ1) is 19.2. The molecule has 1 fully saturated rings. The van der Waals surface area contributed by atoms with E-state index in [1.54, 1.807) is 25.1 Å². The Morgan fingerprint density at radius 1 is 1.17 bits per heavy atom. The minimum atomic E-state index is -2.64. The van der Waals surface area contributed by atoms with E-state index in [0.29, 0.717) is 18.2 Å². The SMILES string of the molecule is CCC1CCCN1Cc1cc(O)c2c(c1N(C)C)C[C@H]1C[C@H]3[C@H](N(C)C)C(O)=C(C(N)=O)C(=O)[C@@]3(O)C(O)=C1C2=O. The second-order valence-electron chi connectivity index (χ2n) is 12.3. The van der Waals surface area contributed by atoms with Crippen LogP contribution >= 0.6 is 0 Å². The molecule has 1 amide bonds. The van der Waals surface area contributed by atoms with E-state index in [1.807, 2.05) is 19.0 Å². The van der Waals surface area contributed by atoms with E-state index in [1.165, 1.54) is 0 Å². The number of primary amides is 1. The number of fused-ring (bicyclic) bond motifs is 3. The Kier molecular flexibility index (Phi) is 7.20. The quantitative estimate of drug-likeness (QED) is 0.318. The molecular formula is C30H40N4O7. The number of aliphatic hydroxyl groups excluding tert-OH is 2. The van der Waals surface area contributed by atoms with Crippen molar-refractivity contribution >= 4 is 23.2 Å². The second kappa shape index (κ2) is 10.1. The maximum absolute atomic E-state index is 14.0. The van der Waals surface area contributed by atoms with Crippen molar-refractivity contribution in [1.29, 1.82) is 0 Å². The first-order valence-corrected chi connectivity index (χ1v) is 14.2. The number of benzene rings is 1. The molecule has 1 unspecified atom stereocenters. The molecule has 0 saturated carbocycles. The van der Waals surface area contributed by atoms with E-state index in [9.17, 15) is 34.8 Å². The molecule has 0 bridgehead atoms. The van der Waals surface area contributed by atoms with E-state index < -0.39 is 58.0 Å². The highest BCUT2D eigenvalue weighted by atomic mass is 16.3. The number of carbonyl (C=O) groups excluding carboxylic acids is 3. The standard InChI is InChI=1S/C30H40N4O7/c1-6-16-8-7-9-34(16)13-15-12-19(35)21-17(23(15)32(2)3)10-14-11-18-24(33(4)5)26(37)22(29(31)40)28(39)30(18,41)27(38)20(14)25(21)36/h12,14,16,18,24,35,37-38,41H,6-11,13H2,1-5H3,(H2,31,40)/t14-,16?,18-,24-,30-/m0/s1. The third kappa shape index (κ3) is 4.16. The summed E-state index contributed by atoms with van der Waals surface area (Å²) in [7, 11) is 7.01. The maximum atomic E-state index is 14.0. The molecule has 1 aliphatic heterocycles. The number of likely N-dealkylation sites (tertiary alicyclic amines) is 1. The summed E-state index contributed by atoms with van der Waals surface area (Å²) < 4.78 is 0. The van der Waals surface area contributed by atoms with Crippen LogP contribution in [0.15, 0.2) is 28.7 Å². The molecule has 222 valence electrons. The van der Waals surface area contributed by atoms with Gasteiger partial charge in [-0.15, -0.1) is 0 Å². The number of amides is 1. The number of nitrogens with zero attached hydrogens (tertiary/aromatic N) is 3. The van der Waals surface area contributed by atoms with Crippen LogP contribution in [0, 0.1) is 11.8 Å². The van der Waals surface area contributed by atoms with Gasteiger partial charge in [0.25, 0.3) is 5.91 Å². The van der Waals surface area contributed by atoms with Gasteiger partial charge in [-0.25, -0.2) is 0 Å². The van der Waals surface area contributed by atoms with Crippen molar-refractivity contribution in [3.63, 3.8) is 0 Å². The molecule has 6 N–H and O–H groups in total. The lowest BCUT2D eigenvalue weighted by Gasteiger charge is -2.50. The van der Waals surface area contributed by atoms with E-state index in [-0.39, 0.29) is 29.7 Å². The molecule has 0 radical (unpaired) electrons. The highest BCUT2D eigenvalue weighted by Gasteiger charge is 2.63. The van der Waals surface area contributed by atoms with Crippen molar-refractivity contribution in [3.8, 4) is 5.75 Å². The van der Waals surface area contributed by atoms with Crippen molar-refractivity contribution in [1.82, 2.24) is 9.80 Å². The van der Waals surface area contributed by atoms with Gasteiger partial charge in [0.1, 0.15) is 22.8 Å². The first kappa shape index (κ1) is 29.1. The van der Waals surface area contributed by atoms with Crippen molar-refractivity contribution in [2.45, 2.75) is 63.3 Å². The monoisotopic (exact) mass is 568 g/mol. The van der Waals surface area contributed by atoms with Crippen LogP contribution < -0.4 is 10.6 Å². The average molecular weight is 569 g/mol. The Morgan fingerprint density at radius 3 is 2.44 bits per heavy atom. The number of phenols is 1. The fraction of sp³-hybridized carbons (Fsp3) is 0.567. The van der Waals surface area contributed by atoms with Crippen LogP contribution in [-0.4, -0.2) is 100 Å². The number of carbonyl (C=O) groups is 3. The lowest BCUT2D eigenvalue weighted by atomic mass is 9.58. The Balaban J connectivity index is 1.67. The molecule has 11 heteroatoms. The molecule has 3 aliphatic carbocycles. The van der Waals surface area contributed by atoms with Gasteiger partial charge in [0.15, 0.2) is 11.4 Å². The molecule has 1 aromatic rings. The number of aliphatic hydroxyl groups is 3. The highest BCUT2D eigenvalue weighted by Crippen LogP contribution is 2.53. The van der Waals surface area contributed by atoms with Crippen LogP contribution in [0.3, 0.4) is 0 Å². The number of hydrogen-bond acceptors (Lipinski definition) is 10. The predicted molar refractivity (Wildman–Crippen MR) is 152 cm³/mol. The first-order valence-electron chi connectivity index (χ1n) is 14.2. The Hall–Kier alpha value is -3.41. The zero-order valence-corrected chi connectivity index (χ0v) is 24.3. The number of likely N-dealkylation sites (N-methyl/N-ethyl adjacent to an activating group) is 1. The number of allylic oxidation sites excluding steroid dienone is 1. The molecule has 1 heterocycles. The molecule has 1 saturated heterocycles. The van der Waals surface area contributed by atoms with Gasteiger partial charge in [-0.05, 0) is 75.9 Å². The smallest absolute Gasteiger partial charge is 0.255 e. The fourth-order valence-corrected chi connectivity index (χ4v) is 7.84. The molecule has 41 heavy (non-hydrogen) atoms. The van der Waals surface area contributed by atoms with Crippen LogP contribution in [0.25, 0.3) is 0 Å². The molecular weight excluding hydrogens is 528 g/mol. The van der Waals surface area contributed by atoms with Crippen LogP contribution in [0.2, 0.25) is 0 Å². The lowest BCUT2D eigenvalue weighted by molar-refractivity contribution is -0.148. The van der Waals surface area contributed by atoms with Gasteiger partial charge >= 0.3 is 0 Å². The Bertz CT molecular complexity index is 1400. The number of rotatable bonds is 6. The number of ketones is 2. The number of aromatic hydroxyl groups is 1. The number of nitrogens with two attached hydrogens (primary N) is 1. The van der Waals surface area contributed by atoms with Crippen LogP contribution in [0.1, 0.15) is 54.1 Å². The number of hydrogen-bond donors (Lipinski definition) is 5. The van der Waals surface area contributed by atoms with Gasteiger partial charge in [0, 0.05) is 43.9 Å². The van der Waals surface area contributed by atoms with E-state index in [4.69, 9.17) is 5.73 Å². The molecule has 5 rings (SSSR count). The zero-order chi connectivity index (χ0) is 30.1. The number of anilines is 1. The summed E-state index contributed by atoms with van der Waals surface area (Å²) in [5.74, 6) is -6.46. The molecule has 0 spiro atoms. The third-order valence-corrected chi connectivity index (χ3v) is 9.56. The van der Waals surface area contributed by atoms with E-state index in [0.717, 1.165) is 37.1 Å². The summed E-state index contributed by atoms with van der Waals surface area (Å²) in [6.07, 6.45) is 3.58. The molecule has 11 nitrogen and oxygen atoms in total. The molecule has 5 atom stereocenters. The van der Waals surface area contributed by atoms with Crippen molar-refractivity contribution in [2.24, 2.45) is 17.6 Å². The summed E-state index contributed by atoms with van der Waals surface area (Å²) in [5.41, 5.74) is 4.20. The molecule has 4 aliphatic rings. The summed E-state index contributed by atoms with van der Waals surface area (Å²) in [6, 6.07) is 1.04. The van der Waals surface area contributed by atoms with Crippen molar-refractivity contribution in [3.05, 3.63) is 45.4 Å². The zero-order valence-electron chi connectivity index (χ0n) is 24.3. The third-order valence-electron chi connectivity index (χ3n) is 9.56. The highest BCUT2D eigenvalue weighted by molar-refractivity contribution is 6.24. The number of phenolic OH excluding ortho intramolecular Hbond substituents is 1. The molecule has 1 aromatic carbocycles. The van der Waals surface area contributed by atoms with Gasteiger partial charge in [-0.2, -0.15) is 0 Å². The van der Waals surface area contributed by atoms with E-state index in [2.05, 4.69) is 11.8 Å². The van der Waals surface area contributed by atoms with Gasteiger partial charge in [0.2, 0.25) is 5.78 Å². The Labute approximate surface area is 239 Å². The minimum absolute atomic E-state index is 0.0340. The van der Waals surface area contributed by atoms with Gasteiger partial charge in [-0.1, -0.05) is 6.92 Å². The van der Waals surface area contributed by atoms with Crippen LogP contribution in [0.4, 0.5) is 5.69 Å². The topological polar surface area (TPSA) is 168 Å². The van der Waals surface area contributed by atoms with Crippen molar-refractivity contribution < 1.29 is 34.8 Å².